The molecule has 1 aliphatic heterocycles. The van der Waals surface area contributed by atoms with E-state index in [2.05, 4.69) is 21.5 Å². The van der Waals surface area contributed by atoms with E-state index in [-0.39, 0.29) is 5.91 Å². The molecule has 0 bridgehead atoms. The number of H-pyrrole nitrogens is 1. The molecule has 1 N–H and O–H groups in total. The SMILES string of the molecule is C=CCN1C(=O)/C(=C\c2ccc[nH]2)S/C1=N/c1ccccn1. The number of nitrogens with one attached hydrogen (secondary N) is 1. The fraction of sp³-hybridized carbons (Fsp3) is 0.0625. The molecule has 0 spiro atoms. The number of aromatic amines is 1. The number of amides is 1. The zero-order valence-electron chi connectivity index (χ0n) is 11.8. The second-order valence-corrected chi connectivity index (χ2v) is 5.53. The van der Waals surface area contributed by atoms with E-state index in [1.54, 1.807) is 23.2 Å². The third-order valence-electron chi connectivity index (χ3n) is 2.97. The maximum Gasteiger partial charge on any atom is 0.267 e. The Morgan fingerprint density at radius 2 is 2.27 bits per heavy atom. The summed E-state index contributed by atoms with van der Waals surface area (Å²) in [7, 11) is 0. The fourth-order valence-corrected chi connectivity index (χ4v) is 2.96. The van der Waals surface area contributed by atoms with Crippen molar-refractivity contribution >= 4 is 34.7 Å². The highest BCUT2D eigenvalue weighted by molar-refractivity contribution is 8.18. The molecule has 0 aliphatic carbocycles. The van der Waals surface area contributed by atoms with E-state index in [0.29, 0.717) is 22.4 Å². The molecule has 1 aliphatic rings. The summed E-state index contributed by atoms with van der Waals surface area (Å²) in [6.45, 7) is 4.12. The lowest BCUT2D eigenvalue weighted by molar-refractivity contribution is -0.121. The lowest BCUT2D eigenvalue weighted by Gasteiger charge is -2.12. The van der Waals surface area contributed by atoms with Gasteiger partial charge in [-0.3, -0.25) is 9.69 Å². The summed E-state index contributed by atoms with van der Waals surface area (Å²) in [5.41, 5.74) is 0.883. The van der Waals surface area contributed by atoms with Crippen LogP contribution in [0.25, 0.3) is 6.08 Å². The van der Waals surface area contributed by atoms with Crippen molar-refractivity contribution in [2.75, 3.05) is 6.54 Å². The number of aliphatic imine (C=N–C) groups is 1. The standard InChI is InChI=1S/C16H14N4OS/c1-2-10-20-15(21)13(11-12-6-5-9-17-12)22-16(20)19-14-7-3-4-8-18-14/h2-9,11,17H,1,10H2/b13-11+,19-16+. The van der Waals surface area contributed by atoms with Crippen LogP contribution in [0.4, 0.5) is 5.82 Å². The summed E-state index contributed by atoms with van der Waals surface area (Å²) >= 11 is 1.34. The molecule has 3 heterocycles. The van der Waals surface area contributed by atoms with Crippen LogP contribution in [-0.2, 0) is 4.79 Å². The summed E-state index contributed by atoms with van der Waals surface area (Å²) in [6, 6.07) is 9.29. The van der Waals surface area contributed by atoms with E-state index < -0.39 is 0 Å². The molecule has 1 fully saturated rings. The van der Waals surface area contributed by atoms with Crippen LogP contribution in [0.1, 0.15) is 5.69 Å². The zero-order valence-corrected chi connectivity index (χ0v) is 12.6. The maximum atomic E-state index is 12.5. The monoisotopic (exact) mass is 310 g/mol. The molecule has 22 heavy (non-hydrogen) atoms. The maximum absolute atomic E-state index is 12.5. The number of hydrogen-bond donors (Lipinski definition) is 1. The highest BCUT2D eigenvalue weighted by Gasteiger charge is 2.32. The topological polar surface area (TPSA) is 61.4 Å². The Morgan fingerprint density at radius 3 is 2.95 bits per heavy atom. The molecule has 2 aromatic heterocycles. The normalized spacial score (nSPS) is 18.4. The van der Waals surface area contributed by atoms with Crippen LogP contribution >= 0.6 is 11.8 Å². The molecule has 5 nitrogen and oxygen atoms in total. The first-order valence-electron chi connectivity index (χ1n) is 6.73. The van der Waals surface area contributed by atoms with Crippen LogP contribution in [0.2, 0.25) is 0 Å². The number of amidine groups is 1. The van der Waals surface area contributed by atoms with Crippen molar-refractivity contribution in [3.05, 3.63) is 66.0 Å². The molecule has 0 atom stereocenters. The van der Waals surface area contributed by atoms with Gasteiger partial charge in [-0.1, -0.05) is 12.1 Å². The highest BCUT2D eigenvalue weighted by atomic mass is 32.2. The van der Waals surface area contributed by atoms with Crippen molar-refractivity contribution in [3.8, 4) is 0 Å². The molecular formula is C16H14N4OS. The smallest absolute Gasteiger partial charge is 0.267 e. The van der Waals surface area contributed by atoms with Gasteiger partial charge in [0.05, 0.1) is 4.91 Å². The second-order valence-electron chi connectivity index (χ2n) is 4.52. The van der Waals surface area contributed by atoms with Gasteiger partial charge in [0.15, 0.2) is 11.0 Å². The Bertz CT molecular complexity index is 735. The van der Waals surface area contributed by atoms with Gasteiger partial charge < -0.3 is 4.98 Å². The Labute approximate surface area is 132 Å². The van der Waals surface area contributed by atoms with E-state index in [4.69, 9.17) is 0 Å². The van der Waals surface area contributed by atoms with Gasteiger partial charge in [-0.2, -0.15) is 0 Å². The predicted molar refractivity (Wildman–Crippen MR) is 89.6 cm³/mol. The number of carbonyl (C=O) groups is 1. The van der Waals surface area contributed by atoms with Crippen LogP contribution in [0.5, 0.6) is 0 Å². The van der Waals surface area contributed by atoms with Gasteiger partial charge in [-0.25, -0.2) is 9.98 Å². The Balaban J connectivity index is 1.94. The highest BCUT2D eigenvalue weighted by Crippen LogP contribution is 2.33. The molecule has 0 radical (unpaired) electrons. The quantitative estimate of drug-likeness (QED) is 0.697. The van der Waals surface area contributed by atoms with Crippen molar-refractivity contribution in [2.24, 2.45) is 4.99 Å². The number of aromatic nitrogens is 2. The molecule has 0 saturated carbocycles. The fourth-order valence-electron chi connectivity index (χ4n) is 1.97. The van der Waals surface area contributed by atoms with E-state index in [0.717, 1.165) is 5.69 Å². The third kappa shape index (κ3) is 3.01. The van der Waals surface area contributed by atoms with E-state index >= 15 is 0 Å². The van der Waals surface area contributed by atoms with Gasteiger partial charge in [0.2, 0.25) is 0 Å². The van der Waals surface area contributed by atoms with Crippen LogP contribution in [0, 0.1) is 0 Å². The molecule has 0 unspecified atom stereocenters. The van der Waals surface area contributed by atoms with E-state index in [1.165, 1.54) is 11.8 Å². The van der Waals surface area contributed by atoms with Crippen LogP contribution in [-0.4, -0.2) is 32.5 Å². The molecular weight excluding hydrogens is 296 g/mol. The van der Waals surface area contributed by atoms with E-state index in [9.17, 15) is 4.79 Å². The first-order chi connectivity index (χ1) is 10.8. The van der Waals surface area contributed by atoms with Gasteiger partial charge >= 0.3 is 0 Å². The first-order valence-corrected chi connectivity index (χ1v) is 7.55. The van der Waals surface area contributed by atoms with Crippen molar-refractivity contribution in [3.63, 3.8) is 0 Å². The van der Waals surface area contributed by atoms with Gasteiger partial charge in [-0.05, 0) is 42.1 Å². The lowest BCUT2D eigenvalue weighted by Crippen LogP contribution is -2.29. The van der Waals surface area contributed by atoms with Crippen molar-refractivity contribution in [1.82, 2.24) is 14.9 Å². The number of hydrogen-bond acceptors (Lipinski definition) is 4. The van der Waals surface area contributed by atoms with Crippen LogP contribution in [0.15, 0.2) is 65.3 Å². The largest absolute Gasteiger partial charge is 0.362 e. The van der Waals surface area contributed by atoms with Gasteiger partial charge in [-0.15, -0.1) is 6.58 Å². The van der Waals surface area contributed by atoms with E-state index in [1.807, 2.05) is 36.5 Å². The number of nitrogens with zero attached hydrogens (tertiary/aromatic N) is 3. The van der Waals surface area contributed by atoms with Crippen LogP contribution < -0.4 is 0 Å². The number of rotatable bonds is 4. The number of carbonyl (C=O) groups excluding carboxylic acids is 1. The van der Waals surface area contributed by atoms with Crippen LogP contribution in [0.3, 0.4) is 0 Å². The molecule has 3 rings (SSSR count). The molecule has 2 aromatic rings. The summed E-state index contributed by atoms with van der Waals surface area (Å²) in [6.07, 6.45) is 7.00. The molecule has 6 heteroatoms. The minimum absolute atomic E-state index is 0.0748. The molecule has 110 valence electrons. The minimum Gasteiger partial charge on any atom is -0.362 e. The Morgan fingerprint density at radius 1 is 1.36 bits per heavy atom. The van der Waals surface area contributed by atoms with Crippen molar-refractivity contribution < 1.29 is 4.79 Å². The predicted octanol–water partition coefficient (Wildman–Crippen LogP) is 3.20. The second kappa shape index (κ2) is 6.44. The van der Waals surface area contributed by atoms with Gasteiger partial charge in [0, 0.05) is 24.6 Å². The van der Waals surface area contributed by atoms with Gasteiger partial charge in [0.1, 0.15) is 0 Å². The average molecular weight is 310 g/mol. The van der Waals surface area contributed by atoms with Crippen molar-refractivity contribution in [2.45, 2.75) is 0 Å². The zero-order chi connectivity index (χ0) is 15.4. The summed E-state index contributed by atoms with van der Waals surface area (Å²) in [5, 5.41) is 0.612. The lowest BCUT2D eigenvalue weighted by atomic mass is 10.3. The number of pyridine rings is 1. The average Bonchev–Trinajstić information content (AvgIpc) is 3.13. The third-order valence-corrected chi connectivity index (χ3v) is 3.97. The summed E-state index contributed by atoms with van der Waals surface area (Å²) < 4.78 is 0. The summed E-state index contributed by atoms with van der Waals surface area (Å²) in [4.78, 5) is 26.4. The Kier molecular flexibility index (Phi) is 4.20. The molecule has 0 aromatic carbocycles. The molecule has 1 saturated heterocycles. The minimum atomic E-state index is -0.0748. The van der Waals surface area contributed by atoms with Gasteiger partial charge in [0.25, 0.3) is 5.91 Å². The van der Waals surface area contributed by atoms with Crippen molar-refractivity contribution in [1.29, 1.82) is 0 Å². The Hall–Kier alpha value is -2.60. The molecule has 1 amide bonds. The first kappa shape index (κ1) is 14.3. The number of thioether (sulfide) groups is 1. The summed E-state index contributed by atoms with van der Waals surface area (Å²) in [5.74, 6) is 0.502.